The molecule has 4 rings (SSSR count). The van der Waals surface area contributed by atoms with Crippen molar-refractivity contribution in [2.75, 3.05) is 13.7 Å². The molecule has 0 amide bonds. The third kappa shape index (κ3) is 4.43. The van der Waals surface area contributed by atoms with Gasteiger partial charge in [0.25, 0.3) is 0 Å². The zero-order chi connectivity index (χ0) is 21.8. The maximum atomic E-state index is 12.6. The van der Waals surface area contributed by atoms with Crippen LogP contribution in [0.2, 0.25) is 0 Å². The summed E-state index contributed by atoms with van der Waals surface area (Å²) in [6, 6.07) is 18.6. The van der Waals surface area contributed by atoms with Crippen molar-refractivity contribution in [2.24, 2.45) is 0 Å². The molecule has 0 fully saturated rings. The minimum absolute atomic E-state index is 0.206. The predicted octanol–water partition coefficient (Wildman–Crippen LogP) is 4.93. The van der Waals surface area contributed by atoms with Crippen molar-refractivity contribution < 1.29 is 28.5 Å². The minimum Gasteiger partial charge on any atom is -0.497 e. The van der Waals surface area contributed by atoms with E-state index in [2.05, 4.69) is 0 Å². The summed E-state index contributed by atoms with van der Waals surface area (Å²) in [5, 5.41) is 0. The summed E-state index contributed by atoms with van der Waals surface area (Å²) in [5.41, 5.74) is 1.61. The Labute approximate surface area is 179 Å². The van der Waals surface area contributed by atoms with E-state index in [0.29, 0.717) is 29.2 Å². The first-order valence-electron chi connectivity index (χ1n) is 9.75. The van der Waals surface area contributed by atoms with E-state index in [4.69, 9.17) is 18.9 Å². The van der Waals surface area contributed by atoms with E-state index in [1.807, 2.05) is 31.2 Å². The van der Waals surface area contributed by atoms with Crippen LogP contribution in [0, 0.1) is 0 Å². The number of fused-ring (bicyclic) bond motifs is 1. The minimum atomic E-state index is -0.517. The highest BCUT2D eigenvalue weighted by Gasteiger charge is 2.28. The van der Waals surface area contributed by atoms with Crippen LogP contribution in [0.25, 0.3) is 6.08 Å². The summed E-state index contributed by atoms with van der Waals surface area (Å²) in [6.07, 6.45) is 1.67. The number of hydrogen-bond donors (Lipinski definition) is 0. The summed E-state index contributed by atoms with van der Waals surface area (Å²) in [6.45, 7) is 2.50. The number of rotatable bonds is 6. The third-order valence-corrected chi connectivity index (χ3v) is 4.67. The molecule has 0 aliphatic carbocycles. The van der Waals surface area contributed by atoms with Gasteiger partial charge in [0.1, 0.15) is 23.0 Å². The average molecular weight is 416 g/mol. The number of ketones is 1. The fourth-order valence-corrected chi connectivity index (χ4v) is 3.10. The smallest absolute Gasteiger partial charge is 0.343 e. The van der Waals surface area contributed by atoms with Gasteiger partial charge in [0.2, 0.25) is 5.78 Å². The summed E-state index contributed by atoms with van der Waals surface area (Å²) < 4.78 is 21.7. The zero-order valence-electron chi connectivity index (χ0n) is 17.1. The Morgan fingerprint density at radius 1 is 0.935 bits per heavy atom. The van der Waals surface area contributed by atoms with Crippen molar-refractivity contribution in [1.29, 1.82) is 0 Å². The number of allylic oxidation sites excluding steroid dienone is 1. The van der Waals surface area contributed by atoms with Crippen LogP contribution in [0.15, 0.2) is 72.5 Å². The van der Waals surface area contributed by atoms with Crippen LogP contribution in [0.4, 0.5) is 0 Å². The van der Waals surface area contributed by atoms with E-state index in [0.717, 1.165) is 11.3 Å². The number of Topliss-reactive ketones (excluding diaryl/α,β-unsaturated/α-hetero) is 1. The van der Waals surface area contributed by atoms with E-state index in [-0.39, 0.29) is 17.3 Å². The average Bonchev–Trinajstić information content (AvgIpc) is 3.10. The van der Waals surface area contributed by atoms with Crippen molar-refractivity contribution in [1.82, 2.24) is 0 Å². The van der Waals surface area contributed by atoms with Crippen LogP contribution >= 0.6 is 0 Å². The molecule has 31 heavy (non-hydrogen) atoms. The first-order valence-corrected chi connectivity index (χ1v) is 9.75. The number of ether oxygens (including phenoxy) is 4. The Balaban J connectivity index is 1.49. The fraction of sp³-hybridized carbons (Fsp3) is 0.120. The van der Waals surface area contributed by atoms with Crippen molar-refractivity contribution >= 4 is 17.8 Å². The topological polar surface area (TPSA) is 71.1 Å². The number of hydrogen-bond acceptors (Lipinski definition) is 6. The monoisotopic (exact) mass is 416 g/mol. The van der Waals surface area contributed by atoms with Gasteiger partial charge in [-0.2, -0.15) is 0 Å². The molecule has 0 bridgehead atoms. The van der Waals surface area contributed by atoms with Crippen LogP contribution in [0.5, 0.6) is 23.0 Å². The van der Waals surface area contributed by atoms with Crippen LogP contribution in [0.3, 0.4) is 0 Å². The summed E-state index contributed by atoms with van der Waals surface area (Å²) in [4.78, 5) is 25.0. The van der Waals surface area contributed by atoms with Crippen molar-refractivity contribution in [3.8, 4) is 23.0 Å². The second-order valence-corrected chi connectivity index (χ2v) is 6.72. The number of carbonyl (C=O) groups is 2. The number of benzene rings is 3. The Morgan fingerprint density at radius 3 is 2.29 bits per heavy atom. The SMILES string of the molecule is CCOc1ccc(/C=C2\Oc3cc(OC(=O)c4ccc(OC)cc4)ccc3C2=O)cc1. The maximum absolute atomic E-state index is 12.6. The number of carbonyl (C=O) groups excluding carboxylic acids is 2. The van der Waals surface area contributed by atoms with Crippen LogP contribution in [-0.4, -0.2) is 25.5 Å². The van der Waals surface area contributed by atoms with Gasteiger partial charge >= 0.3 is 5.97 Å². The molecule has 1 heterocycles. The molecule has 6 heteroatoms. The molecular formula is C25H20O6. The van der Waals surface area contributed by atoms with E-state index in [9.17, 15) is 9.59 Å². The Morgan fingerprint density at radius 2 is 1.61 bits per heavy atom. The van der Waals surface area contributed by atoms with Gasteiger partial charge in [-0.25, -0.2) is 4.79 Å². The molecule has 1 aliphatic heterocycles. The fourth-order valence-electron chi connectivity index (χ4n) is 3.10. The highest BCUT2D eigenvalue weighted by Crippen LogP contribution is 2.35. The quantitative estimate of drug-likeness (QED) is 0.322. The molecule has 3 aromatic carbocycles. The molecule has 1 aliphatic rings. The van der Waals surface area contributed by atoms with Crippen LogP contribution < -0.4 is 18.9 Å². The molecule has 0 saturated heterocycles. The highest BCUT2D eigenvalue weighted by atomic mass is 16.5. The van der Waals surface area contributed by atoms with Crippen LogP contribution in [0.1, 0.15) is 33.2 Å². The summed E-state index contributed by atoms with van der Waals surface area (Å²) >= 11 is 0. The highest BCUT2D eigenvalue weighted by molar-refractivity contribution is 6.14. The molecule has 0 spiro atoms. The van der Waals surface area contributed by atoms with Crippen molar-refractivity contribution in [2.45, 2.75) is 6.92 Å². The van der Waals surface area contributed by atoms with Gasteiger partial charge < -0.3 is 18.9 Å². The Kier molecular flexibility index (Phi) is 5.71. The van der Waals surface area contributed by atoms with Gasteiger partial charge in [0.05, 0.1) is 24.8 Å². The molecule has 0 atom stereocenters. The van der Waals surface area contributed by atoms with Crippen LogP contribution in [-0.2, 0) is 0 Å². The Bertz CT molecular complexity index is 1140. The molecule has 0 N–H and O–H groups in total. The lowest BCUT2D eigenvalue weighted by Crippen LogP contribution is -2.08. The second kappa shape index (κ2) is 8.75. The molecule has 3 aromatic rings. The second-order valence-electron chi connectivity index (χ2n) is 6.72. The van der Waals surface area contributed by atoms with Gasteiger partial charge in [0.15, 0.2) is 5.76 Å². The molecule has 0 unspecified atom stereocenters. The Hall–Kier alpha value is -4.06. The lowest BCUT2D eigenvalue weighted by Gasteiger charge is -2.06. The maximum Gasteiger partial charge on any atom is 0.343 e. The molecule has 0 saturated carbocycles. The van der Waals surface area contributed by atoms with E-state index < -0.39 is 5.97 Å². The van der Waals surface area contributed by atoms with Gasteiger partial charge in [-0.1, -0.05) is 12.1 Å². The van der Waals surface area contributed by atoms with Gasteiger partial charge in [-0.15, -0.1) is 0 Å². The molecular weight excluding hydrogens is 396 g/mol. The standard InChI is InChI=1S/C25H20O6/c1-3-29-19-8-4-16(5-9-19)14-23-24(26)21-13-12-20(15-22(21)31-23)30-25(27)17-6-10-18(28-2)11-7-17/h4-15H,3H2,1-2H3/b23-14-. The van der Waals surface area contributed by atoms with Gasteiger partial charge in [-0.05, 0) is 67.1 Å². The van der Waals surface area contributed by atoms with Crippen molar-refractivity contribution in [3.63, 3.8) is 0 Å². The largest absolute Gasteiger partial charge is 0.497 e. The number of methoxy groups -OCH3 is 1. The third-order valence-electron chi connectivity index (χ3n) is 4.67. The first kappa shape index (κ1) is 20.2. The first-order chi connectivity index (χ1) is 15.1. The van der Waals surface area contributed by atoms with Gasteiger partial charge in [-0.3, -0.25) is 4.79 Å². The lowest BCUT2D eigenvalue weighted by molar-refractivity contribution is 0.0734. The molecule has 0 aromatic heterocycles. The molecule has 0 radical (unpaired) electrons. The normalized spacial score (nSPS) is 13.5. The number of esters is 1. The summed E-state index contributed by atoms with van der Waals surface area (Å²) in [7, 11) is 1.55. The molecule has 6 nitrogen and oxygen atoms in total. The van der Waals surface area contributed by atoms with E-state index in [1.165, 1.54) is 6.07 Å². The molecule has 156 valence electrons. The van der Waals surface area contributed by atoms with Crippen molar-refractivity contribution in [3.05, 3.63) is 89.2 Å². The van der Waals surface area contributed by atoms with E-state index in [1.54, 1.807) is 49.6 Å². The predicted molar refractivity (Wildman–Crippen MR) is 115 cm³/mol. The van der Waals surface area contributed by atoms with E-state index >= 15 is 0 Å². The van der Waals surface area contributed by atoms with Gasteiger partial charge in [0, 0.05) is 6.07 Å². The lowest BCUT2D eigenvalue weighted by atomic mass is 10.1. The summed E-state index contributed by atoms with van der Waals surface area (Å²) in [5.74, 6) is 1.51. The zero-order valence-corrected chi connectivity index (χ0v) is 17.1.